The molecular formula is C37H39N7O5. The van der Waals surface area contributed by atoms with Gasteiger partial charge in [-0.2, -0.15) is 10.2 Å². The van der Waals surface area contributed by atoms with Gasteiger partial charge in [0.1, 0.15) is 12.1 Å². The van der Waals surface area contributed by atoms with Crippen LogP contribution < -0.4 is 16.4 Å². The van der Waals surface area contributed by atoms with Crippen molar-refractivity contribution in [3.63, 3.8) is 0 Å². The standard InChI is InChI=1S/C25H26N4O3.C12H13N3O2/c30-24(31)22(13-15-4-1-7-18(12-15)21-10-11-26-29-21)27-25(32)28-23-19-8-2-5-16(19)14-17-6-3-9-20(17)23;13-10(12(16)17)7-8-2-1-3-9(6-8)11-4-5-14-15-11/h1,4,7,10-12,14,22H,2-3,5-6,8-9,13H2,(H,26,29)(H,30,31)(H2,27,28,32);1-6,10H,7,13H2,(H,14,15)(H,16,17)/t22-;10-/m11/s1. The van der Waals surface area contributed by atoms with Crippen LogP contribution in [-0.2, 0) is 48.1 Å². The minimum Gasteiger partial charge on any atom is -0.480 e. The highest BCUT2D eigenvalue weighted by molar-refractivity contribution is 5.94. The number of rotatable bonds is 10. The Morgan fingerprint density at radius 3 is 1.78 bits per heavy atom. The van der Waals surface area contributed by atoms with Crippen LogP contribution in [0.4, 0.5) is 10.5 Å². The Labute approximate surface area is 283 Å². The molecule has 0 bridgehead atoms. The molecule has 2 aliphatic carbocycles. The Morgan fingerprint density at radius 1 is 0.735 bits per heavy atom. The molecule has 2 aromatic heterocycles. The van der Waals surface area contributed by atoms with Gasteiger partial charge < -0.3 is 26.6 Å². The molecule has 252 valence electrons. The van der Waals surface area contributed by atoms with E-state index in [-0.39, 0.29) is 6.42 Å². The van der Waals surface area contributed by atoms with Gasteiger partial charge in [-0.05, 0) is 114 Å². The molecule has 5 aromatic rings. The number of hydrogen-bond acceptors (Lipinski definition) is 6. The van der Waals surface area contributed by atoms with E-state index < -0.39 is 30.1 Å². The highest BCUT2D eigenvalue weighted by atomic mass is 16.4. The number of benzene rings is 3. The number of fused-ring (bicyclic) bond motifs is 2. The van der Waals surface area contributed by atoms with Crippen LogP contribution in [0.5, 0.6) is 0 Å². The van der Waals surface area contributed by atoms with Crippen LogP contribution in [0.2, 0.25) is 0 Å². The summed E-state index contributed by atoms with van der Waals surface area (Å²) in [6, 6.07) is 18.8. The number of urea groups is 1. The van der Waals surface area contributed by atoms with E-state index in [9.17, 15) is 19.5 Å². The summed E-state index contributed by atoms with van der Waals surface area (Å²) in [5.74, 6) is -2.05. The van der Waals surface area contributed by atoms with Gasteiger partial charge in [0.2, 0.25) is 0 Å². The Kier molecular flexibility index (Phi) is 10.1. The predicted octanol–water partition coefficient (Wildman–Crippen LogP) is 4.90. The van der Waals surface area contributed by atoms with Gasteiger partial charge in [0.05, 0.1) is 11.4 Å². The van der Waals surface area contributed by atoms with Crippen molar-refractivity contribution >= 4 is 23.7 Å². The number of anilines is 1. The first-order chi connectivity index (χ1) is 23.7. The van der Waals surface area contributed by atoms with Gasteiger partial charge in [0.25, 0.3) is 0 Å². The SMILES string of the molecule is N[C@H](Cc1cccc(-c2ccn[nH]2)c1)C(=O)O.O=C(Nc1c2c(cc3c1CCC3)CCC2)N[C@H](Cc1cccc(-c2ccn[nH]2)c1)C(=O)O. The molecule has 7 rings (SSSR count). The molecule has 12 heteroatoms. The third-order valence-corrected chi connectivity index (χ3v) is 9.01. The lowest BCUT2D eigenvalue weighted by Gasteiger charge is -2.19. The lowest BCUT2D eigenvalue weighted by molar-refractivity contribution is -0.139. The summed E-state index contributed by atoms with van der Waals surface area (Å²) in [6.07, 6.45) is 10.1. The van der Waals surface area contributed by atoms with Crippen molar-refractivity contribution in [2.24, 2.45) is 5.73 Å². The zero-order chi connectivity index (χ0) is 34.3. The molecule has 2 heterocycles. The van der Waals surface area contributed by atoms with Crippen molar-refractivity contribution < 1.29 is 24.6 Å². The molecule has 0 unspecified atom stereocenters. The number of nitrogens with one attached hydrogen (secondary N) is 4. The molecule has 0 radical (unpaired) electrons. The van der Waals surface area contributed by atoms with Gasteiger partial charge in [0.15, 0.2) is 0 Å². The molecule has 0 fully saturated rings. The zero-order valence-electron chi connectivity index (χ0n) is 26.9. The monoisotopic (exact) mass is 661 g/mol. The number of carbonyl (C=O) groups excluding carboxylic acids is 1. The number of hydrogen-bond donors (Lipinski definition) is 7. The number of carbonyl (C=O) groups is 3. The van der Waals surface area contributed by atoms with E-state index in [0.717, 1.165) is 77.9 Å². The fraction of sp³-hybridized carbons (Fsp3) is 0.270. The number of H-pyrrole nitrogens is 2. The smallest absolute Gasteiger partial charge is 0.326 e. The third kappa shape index (κ3) is 8.04. The van der Waals surface area contributed by atoms with E-state index in [1.807, 2.05) is 60.7 Å². The Balaban J connectivity index is 0.000000207. The number of aliphatic carboxylic acids is 2. The maximum atomic E-state index is 12.9. The van der Waals surface area contributed by atoms with Crippen LogP contribution in [0.3, 0.4) is 0 Å². The zero-order valence-corrected chi connectivity index (χ0v) is 26.9. The fourth-order valence-electron chi connectivity index (χ4n) is 6.62. The van der Waals surface area contributed by atoms with E-state index in [1.54, 1.807) is 12.4 Å². The summed E-state index contributed by atoms with van der Waals surface area (Å²) in [4.78, 5) is 35.5. The highest BCUT2D eigenvalue weighted by Gasteiger charge is 2.27. The fourth-order valence-corrected chi connectivity index (χ4v) is 6.62. The molecule has 0 saturated carbocycles. The number of carboxylic acids is 2. The van der Waals surface area contributed by atoms with Crippen molar-refractivity contribution in [2.75, 3.05) is 5.32 Å². The van der Waals surface area contributed by atoms with E-state index in [4.69, 9.17) is 10.8 Å². The minimum absolute atomic E-state index is 0.190. The van der Waals surface area contributed by atoms with Crippen molar-refractivity contribution in [2.45, 2.75) is 63.5 Å². The molecule has 2 atom stereocenters. The quantitative estimate of drug-likeness (QED) is 0.110. The van der Waals surface area contributed by atoms with E-state index >= 15 is 0 Å². The van der Waals surface area contributed by atoms with Gasteiger partial charge in [0, 0.05) is 24.5 Å². The summed E-state index contributed by atoms with van der Waals surface area (Å²) in [7, 11) is 0. The van der Waals surface area contributed by atoms with Crippen molar-refractivity contribution in [3.8, 4) is 22.5 Å². The van der Waals surface area contributed by atoms with Gasteiger partial charge in [-0.15, -0.1) is 0 Å². The molecule has 2 aliphatic rings. The first-order valence-electron chi connectivity index (χ1n) is 16.4. The summed E-state index contributed by atoms with van der Waals surface area (Å²) in [5.41, 5.74) is 16.9. The number of nitrogens with two attached hydrogens (primary N) is 1. The highest BCUT2D eigenvalue weighted by Crippen LogP contribution is 2.38. The van der Waals surface area contributed by atoms with Crippen LogP contribution in [0.25, 0.3) is 22.5 Å². The van der Waals surface area contributed by atoms with Crippen molar-refractivity contribution in [1.82, 2.24) is 25.7 Å². The Bertz CT molecular complexity index is 1910. The minimum atomic E-state index is -1.06. The van der Waals surface area contributed by atoms with Crippen LogP contribution in [0, 0.1) is 0 Å². The van der Waals surface area contributed by atoms with Gasteiger partial charge in [-0.25, -0.2) is 9.59 Å². The lowest BCUT2D eigenvalue weighted by Crippen LogP contribution is -2.44. The van der Waals surface area contributed by atoms with E-state index in [2.05, 4.69) is 37.1 Å². The van der Waals surface area contributed by atoms with Crippen LogP contribution in [0.15, 0.2) is 79.1 Å². The molecule has 0 saturated heterocycles. The second-order valence-electron chi connectivity index (χ2n) is 12.4. The second kappa shape index (κ2) is 15.0. The normalized spacial score (nSPS) is 14.1. The summed E-state index contributed by atoms with van der Waals surface area (Å²) >= 11 is 0. The Morgan fingerprint density at radius 2 is 1.29 bits per heavy atom. The maximum absolute atomic E-state index is 12.9. The van der Waals surface area contributed by atoms with Gasteiger partial charge in [-0.3, -0.25) is 15.0 Å². The number of aromatic amines is 2. The molecule has 8 N–H and O–H groups in total. The van der Waals surface area contributed by atoms with Gasteiger partial charge in [-0.1, -0.05) is 42.5 Å². The number of aryl methyl sites for hydroxylation is 2. The number of carboxylic acid groups (broad SMARTS) is 2. The average molecular weight is 662 g/mol. The number of nitrogens with zero attached hydrogens (tertiary/aromatic N) is 2. The molecule has 3 aromatic carbocycles. The summed E-state index contributed by atoms with van der Waals surface area (Å²) in [5, 5.41) is 37.8. The van der Waals surface area contributed by atoms with E-state index in [1.165, 1.54) is 22.3 Å². The maximum Gasteiger partial charge on any atom is 0.326 e. The van der Waals surface area contributed by atoms with Crippen LogP contribution >= 0.6 is 0 Å². The molecule has 12 nitrogen and oxygen atoms in total. The lowest BCUT2D eigenvalue weighted by atomic mass is 9.99. The van der Waals surface area contributed by atoms with E-state index in [0.29, 0.717) is 6.42 Å². The average Bonchev–Trinajstić information content (AvgIpc) is 3.93. The predicted molar refractivity (Wildman–Crippen MR) is 185 cm³/mol. The van der Waals surface area contributed by atoms with Crippen molar-refractivity contribution in [1.29, 1.82) is 0 Å². The number of amides is 2. The Hall–Kier alpha value is -5.75. The first kappa shape index (κ1) is 33.2. The third-order valence-electron chi connectivity index (χ3n) is 9.01. The summed E-state index contributed by atoms with van der Waals surface area (Å²) < 4.78 is 0. The first-order valence-corrected chi connectivity index (χ1v) is 16.4. The molecule has 2 amide bonds. The summed E-state index contributed by atoms with van der Waals surface area (Å²) in [6.45, 7) is 0. The topological polar surface area (TPSA) is 199 Å². The van der Waals surface area contributed by atoms with Crippen LogP contribution in [-0.4, -0.2) is 60.7 Å². The molecule has 0 spiro atoms. The molecule has 49 heavy (non-hydrogen) atoms. The number of aromatic nitrogens is 4. The van der Waals surface area contributed by atoms with Crippen LogP contribution in [0.1, 0.15) is 46.2 Å². The van der Waals surface area contributed by atoms with Gasteiger partial charge >= 0.3 is 18.0 Å². The largest absolute Gasteiger partial charge is 0.480 e. The van der Waals surface area contributed by atoms with Crippen molar-refractivity contribution in [3.05, 3.63) is 113 Å². The molecular weight excluding hydrogens is 622 g/mol. The second-order valence-corrected chi connectivity index (χ2v) is 12.4. The molecule has 0 aliphatic heterocycles.